The van der Waals surface area contributed by atoms with Gasteiger partial charge in [0, 0.05) is 19.5 Å². The van der Waals surface area contributed by atoms with Gasteiger partial charge in [0.1, 0.15) is 0 Å². The lowest BCUT2D eigenvalue weighted by Crippen LogP contribution is -2.36. The predicted molar refractivity (Wildman–Crippen MR) is 61.3 cm³/mol. The van der Waals surface area contributed by atoms with Gasteiger partial charge in [0.25, 0.3) is 0 Å². The van der Waals surface area contributed by atoms with E-state index in [1.165, 1.54) is 0 Å². The number of fused-ring (bicyclic) bond motifs is 1. The molecule has 1 unspecified atom stereocenters. The molecule has 0 radical (unpaired) electrons. The quantitative estimate of drug-likeness (QED) is 0.644. The van der Waals surface area contributed by atoms with E-state index in [1.54, 1.807) is 19.2 Å². The summed E-state index contributed by atoms with van der Waals surface area (Å²) in [5.74, 6) is 1.23. The van der Waals surface area contributed by atoms with Crippen molar-refractivity contribution in [3.63, 3.8) is 0 Å². The Morgan fingerprint density at radius 1 is 1.47 bits per heavy atom. The van der Waals surface area contributed by atoms with E-state index in [1.807, 2.05) is 6.07 Å². The number of nitrogens with one attached hydrogen (secondary N) is 2. The molecule has 1 aliphatic heterocycles. The summed E-state index contributed by atoms with van der Waals surface area (Å²) in [5, 5.41) is 0. The van der Waals surface area contributed by atoms with Gasteiger partial charge in [-0.25, -0.2) is 5.43 Å². The fourth-order valence-electron chi connectivity index (χ4n) is 1.65. The molecule has 0 bridgehead atoms. The summed E-state index contributed by atoms with van der Waals surface area (Å²) >= 11 is 0. The summed E-state index contributed by atoms with van der Waals surface area (Å²) in [4.78, 5) is 11.4. The summed E-state index contributed by atoms with van der Waals surface area (Å²) in [5.41, 5.74) is 11.8. The van der Waals surface area contributed by atoms with Crippen LogP contribution in [-0.4, -0.2) is 19.7 Å². The maximum atomic E-state index is 11.4. The molecule has 6 nitrogen and oxygen atoms in total. The molecular formula is C11H15N3O3. The first-order valence-electron chi connectivity index (χ1n) is 5.31. The Kier molecular flexibility index (Phi) is 3.46. The average molecular weight is 237 g/mol. The molecule has 1 atom stereocenters. The molecule has 92 valence electrons. The van der Waals surface area contributed by atoms with Crippen LogP contribution in [0.3, 0.4) is 0 Å². The largest absolute Gasteiger partial charge is 0.454 e. The topological polar surface area (TPSA) is 85.6 Å². The Hall–Kier alpha value is -1.79. The zero-order valence-electron chi connectivity index (χ0n) is 9.53. The predicted octanol–water partition coefficient (Wildman–Crippen LogP) is 0.0558. The highest BCUT2D eigenvalue weighted by molar-refractivity contribution is 5.76. The molecule has 0 spiro atoms. The molecule has 0 aromatic heterocycles. The van der Waals surface area contributed by atoms with Crippen molar-refractivity contribution in [3.05, 3.63) is 23.8 Å². The Morgan fingerprint density at radius 2 is 2.24 bits per heavy atom. The van der Waals surface area contributed by atoms with E-state index in [9.17, 15) is 4.79 Å². The lowest BCUT2D eigenvalue weighted by molar-refractivity contribution is -0.122. The highest BCUT2D eigenvalue weighted by atomic mass is 16.7. The van der Waals surface area contributed by atoms with Crippen molar-refractivity contribution in [1.82, 2.24) is 10.9 Å². The highest BCUT2D eigenvalue weighted by Gasteiger charge is 2.17. The summed E-state index contributed by atoms with van der Waals surface area (Å²) in [7, 11) is 1.63. The van der Waals surface area contributed by atoms with Gasteiger partial charge in [-0.1, -0.05) is 6.07 Å². The van der Waals surface area contributed by atoms with E-state index in [4.69, 9.17) is 15.2 Å². The molecule has 2 rings (SSSR count). The van der Waals surface area contributed by atoms with Crippen LogP contribution in [0.25, 0.3) is 0 Å². The van der Waals surface area contributed by atoms with Crippen LogP contribution in [0.2, 0.25) is 0 Å². The normalized spacial score (nSPS) is 14.5. The van der Waals surface area contributed by atoms with Crippen LogP contribution >= 0.6 is 0 Å². The lowest BCUT2D eigenvalue weighted by Gasteiger charge is -2.12. The third-order valence-corrected chi connectivity index (χ3v) is 2.49. The monoisotopic (exact) mass is 237 g/mol. The Balaban J connectivity index is 2.04. The minimum Gasteiger partial charge on any atom is -0.454 e. The van der Waals surface area contributed by atoms with E-state index >= 15 is 0 Å². The van der Waals surface area contributed by atoms with Gasteiger partial charge in [0.2, 0.25) is 12.7 Å². The van der Waals surface area contributed by atoms with Gasteiger partial charge in [0.05, 0.1) is 0 Å². The zero-order valence-corrected chi connectivity index (χ0v) is 9.53. The number of hydrazine groups is 1. The smallest absolute Gasteiger partial charge is 0.235 e. The first-order valence-corrected chi connectivity index (χ1v) is 5.31. The van der Waals surface area contributed by atoms with Crippen LogP contribution in [0.4, 0.5) is 0 Å². The molecule has 0 saturated heterocycles. The van der Waals surface area contributed by atoms with Gasteiger partial charge in [-0.15, -0.1) is 0 Å². The number of rotatable bonds is 4. The number of carbonyl (C=O) groups is 1. The summed E-state index contributed by atoms with van der Waals surface area (Å²) in [6, 6.07) is 5.08. The molecule has 1 amide bonds. The van der Waals surface area contributed by atoms with E-state index < -0.39 is 0 Å². The minimum atomic E-state index is -0.363. The molecule has 17 heavy (non-hydrogen) atoms. The number of hydrogen-bond donors (Lipinski definition) is 3. The third-order valence-electron chi connectivity index (χ3n) is 2.49. The SMILES string of the molecule is CNNC(=O)CC(N)c1ccc2c(c1)OCO2. The van der Waals surface area contributed by atoms with Gasteiger partial charge < -0.3 is 15.2 Å². The number of hydrogen-bond acceptors (Lipinski definition) is 5. The molecule has 0 aliphatic carbocycles. The van der Waals surface area contributed by atoms with Gasteiger partial charge >= 0.3 is 0 Å². The third kappa shape index (κ3) is 2.66. The Labute approximate surface area is 99.0 Å². The second-order valence-corrected chi connectivity index (χ2v) is 3.72. The van der Waals surface area contributed by atoms with Crippen LogP contribution < -0.4 is 26.1 Å². The van der Waals surface area contributed by atoms with Crippen molar-refractivity contribution in [2.24, 2.45) is 5.73 Å². The first-order chi connectivity index (χ1) is 8.20. The van der Waals surface area contributed by atoms with Crippen molar-refractivity contribution in [2.75, 3.05) is 13.8 Å². The molecule has 1 aromatic rings. The molecule has 0 fully saturated rings. The molecule has 4 N–H and O–H groups in total. The fourth-order valence-corrected chi connectivity index (χ4v) is 1.65. The Bertz CT molecular complexity index is 422. The number of nitrogens with two attached hydrogens (primary N) is 1. The molecule has 6 heteroatoms. The fraction of sp³-hybridized carbons (Fsp3) is 0.364. The molecule has 1 heterocycles. The maximum Gasteiger partial charge on any atom is 0.235 e. The van der Waals surface area contributed by atoms with Crippen molar-refractivity contribution in [1.29, 1.82) is 0 Å². The lowest BCUT2D eigenvalue weighted by atomic mass is 10.0. The number of benzene rings is 1. The molecule has 1 aromatic carbocycles. The highest BCUT2D eigenvalue weighted by Crippen LogP contribution is 2.34. The van der Waals surface area contributed by atoms with E-state index in [0.717, 1.165) is 5.56 Å². The van der Waals surface area contributed by atoms with Crippen molar-refractivity contribution >= 4 is 5.91 Å². The van der Waals surface area contributed by atoms with Gasteiger partial charge in [-0.2, -0.15) is 0 Å². The van der Waals surface area contributed by atoms with Crippen molar-refractivity contribution in [3.8, 4) is 11.5 Å². The van der Waals surface area contributed by atoms with E-state index in [-0.39, 0.29) is 25.2 Å². The molecule has 1 aliphatic rings. The van der Waals surface area contributed by atoms with Gasteiger partial charge in [-0.05, 0) is 17.7 Å². The summed E-state index contributed by atoms with van der Waals surface area (Å²) in [6.45, 7) is 0.230. The second kappa shape index (κ2) is 5.03. The van der Waals surface area contributed by atoms with Crippen molar-refractivity contribution in [2.45, 2.75) is 12.5 Å². The number of ether oxygens (including phenoxy) is 2. The minimum absolute atomic E-state index is 0.155. The van der Waals surface area contributed by atoms with Crippen LogP contribution in [0.15, 0.2) is 18.2 Å². The van der Waals surface area contributed by atoms with Gasteiger partial charge in [-0.3, -0.25) is 10.2 Å². The van der Waals surface area contributed by atoms with Crippen LogP contribution in [-0.2, 0) is 4.79 Å². The maximum absolute atomic E-state index is 11.4. The van der Waals surface area contributed by atoms with E-state index in [2.05, 4.69) is 10.9 Å². The van der Waals surface area contributed by atoms with Crippen LogP contribution in [0.1, 0.15) is 18.0 Å². The Morgan fingerprint density at radius 3 is 3.00 bits per heavy atom. The standard InChI is InChI=1S/C11H15N3O3/c1-13-14-11(15)5-8(12)7-2-3-9-10(4-7)17-6-16-9/h2-4,8,13H,5-6,12H2,1H3,(H,14,15). The van der Waals surface area contributed by atoms with Crippen LogP contribution in [0.5, 0.6) is 11.5 Å². The van der Waals surface area contributed by atoms with Crippen LogP contribution in [0, 0.1) is 0 Å². The zero-order chi connectivity index (χ0) is 12.3. The molecule has 0 saturated carbocycles. The average Bonchev–Trinajstić information content (AvgIpc) is 2.75. The van der Waals surface area contributed by atoms with Crippen molar-refractivity contribution < 1.29 is 14.3 Å². The van der Waals surface area contributed by atoms with Gasteiger partial charge in [0.15, 0.2) is 11.5 Å². The first kappa shape index (κ1) is 11.7. The summed E-state index contributed by atoms with van der Waals surface area (Å²) < 4.78 is 10.5. The number of carbonyl (C=O) groups excluding carboxylic acids is 1. The number of amides is 1. The second-order valence-electron chi connectivity index (χ2n) is 3.72. The summed E-state index contributed by atoms with van der Waals surface area (Å²) in [6.07, 6.45) is 0.209. The van der Waals surface area contributed by atoms with E-state index in [0.29, 0.717) is 11.5 Å². The molecular weight excluding hydrogens is 222 g/mol.